The fourth-order valence-electron chi connectivity index (χ4n) is 3.17. The Morgan fingerprint density at radius 2 is 1.92 bits per heavy atom. The molecule has 0 radical (unpaired) electrons. The molecule has 132 valence electrons. The number of H-pyrrole nitrogens is 2. The van der Waals surface area contributed by atoms with Gasteiger partial charge in [-0.2, -0.15) is 5.10 Å². The van der Waals surface area contributed by atoms with Crippen molar-refractivity contribution >= 4 is 10.8 Å². The molecule has 0 aliphatic heterocycles. The minimum absolute atomic E-state index is 0.759. The molecule has 0 saturated carbocycles. The van der Waals surface area contributed by atoms with E-state index >= 15 is 0 Å². The largest absolute Gasteiger partial charge is 0.497 e. The van der Waals surface area contributed by atoms with Crippen LogP contribution in [0.25, 0.3) is 22.0 Å². The molecule has 2 N–H and O–H groups in total. The molecule has 0 atom stereocenters. The topological polar surface area (TPSA) is 69.8 Å². The molecule has 6 nitrogen and oxygen atoms in total. The summed E-state index contributed by atoms with van der Waals surface area (Å²) in [5, 5.41) is 9.74. The second-order valence-electron chi connectivity index (χ2n) is 6.41. The van der Waals surface area contributed by atoms with Crippen molar-refractivity contribution in [2.75, 3.05) is 14.2 Å². The van der Waals surface area contributed by atoms with Gasteiger partial charge in [0, 0.05) is 30.1 Å². The van der Waals surface area contributed by atoms with Gasteiger partial charge < -0.3 is 9.72 Å². The molecule has 2 aromatic heterocycles. The second-order valence-corrected chi connectivity index (χ2v) is 6.41. The number of imidazole rings is 1. The van der Waals surface area contributed by atoms with Gasteiger partial charge in [-0.25, -0.2) is 4.98 Å². The first-order valence-electron chi connectivity index (χ1n) is 8.50. The maximum Gasteiger partial charge on any atom is 0.120 e. The van der Waals surface area contributed by atoms with E-state index in [2.05, 4.69) is 56.4 Å². The minimum atomic E-state index is 0.759. The van der Waals surface area contributed by atoms with Gasteiger partial charge in [0.1, 0.15) is 11.6 Å². The quantitative estimate of drug-likeness (QED) is 0.559. The zero-order valence-corrected chi connectivity index (χ0v) is 14.9. The number of aromatic nitrogens is 4. The molecule has 0 bridgehead atoms. The van der Waals surface area contributed by atoms with E-state index in [4.69, 9.17) is 4.74 Å². The molecule has 0 aliphatic carbocycles. The summed E-state index contributed by atoms with van der Waals surface area (Å²) in [4.78, 5) is 9.63. The monoisotopic (exact) mass is 347 g/mol. The highest BCUT2D eigenvalue weighted by Gasteiger charge is 2.12. The Kier molecular flexibility index (Phi) is 4.41. The normalized spacial score (nSPS) is 11.3. The fraction of sp³-hybridized carbons (Fsp3) is 0.200. The van der Waals surface area contributed by atoms with E-state index in [9.17, 15) is 0 Å². The summed E-state index contributed by atoms with van der Waals surface area (Å²) in [5.74, 6) is 1.82. The van der Waals surface area contributed by atoms with Crippen LogP contribution in [0.2, 0.25) is 0 Å². The molecule has 0 aliphatic rings. The highest BCUT2D eigenvalue weighted by atomic mass is 16.5. The van der Waals surface area contributed by atoms with E-state index in [1.807, 2.05) is 24.5 Å². The Bertz CT molecular complexity index is 1010. The summed E-state index contributed by atoms with van der Waals surface area (Å²) in [5.41, 5.74) is 3.34. The van der Waals surface area contributed by atoms with Gasteiger partial charge >= 0.3 is 0 Å². The van der Waals surface area contributed by atoms with Crippen molar-refractivity contribution in [1.82, 2.24) is 25.1 Å². The molecule has 6 heteroatoms. The van der Waals surface area contributed by atoms with E-state index in [1.165, 1.54) is 5.39 Å². The molecule has 0 amide bonds. The lowest BCUT2D eigenvalue weighted by Crippen LogP contribution is -2.18. The lowest BCUT2D eigenvalue weighted by Gasteiger charge is -2.15. The predicted octanol–water partition coefficient (Wildman–Crippen LogP) is 3.59. The maximum absolute atomic E-state index is 5.30. The van der Waals surface area contributed by atoms with Crippen LogP contribution in [0.3, 0.4) is 0 Å². The predicted molar refractivity (Wildman–Crippen MR) is 102 cm³/mol. The number of methoxy groups -OCH3 is 1. The lowest BCUT2D eigenvalue weighted by molar-refractivity contribution is 0.312. The number of fused-ring (bicyclic) bond motifs is 1. The van der Waals surface area contributed by atoms with Crippen LogP contribution >= 0.6 is 0 Å². The Hall–Kier alpha value is -3.12. The van der Waals surface area contributed by atoms with E-state index in [0.717, 1.165) is 46.9 Å². The minimum Gasteiger partial charge on any atom is -0.497 e. The molecular weight excluding hydrogens is 326 g/mol. The van der Waals surface area contributed by atoms with Gasteiger partial charge in [-0.1, -0.05) is 18.2 Å². The number of nitrogens with one attached hydrogen (secondary N) is 2. The van der Waals surface area contributed by atoms with Crippen LogP contribution in [0.4, 0.5) is 0 Å². The van der Waals surface area contributed by atoms with Gasteiger partial charge in [0.05, 0.1) is 25.5 Å². The standard InChI is InChI=1S/C20H21N5O/c1-25(13-19-21-7-8-22-19)12-17-11-23-24-20(17)16-4-3-15-10-18(26-2)6-5-14(15)9-16/h3-11H,12-13H2,1-2H3,(H,21,22)(H,23,24). The second kappa shape index (κ2) is 7.01. The highest BCUT2D eigenvalue weighted by Crippen LogP contribution is 2.28. The summed E-state index contributed by atoms with van der Waals surface area (Å²) in [6.45, 7) is 1.54. The SMILES string of the molecule is COc1ccc2cc(-c3[nH]ncc3CN(C)Cc3ncc[nH]3)ccc2c1. The molecule has 2 aromatic carbocycles. The molecule has 2 heterocycles. The van der Waals surface area contributed by atoms with Crippen LogP contribution in [0.5, 0.6) is 5.75 Å². The number of aromatic amines is 2. The summed E-state index contributed by atoms with van der Waals surface area (Å²) < 4.78 is 5.30. The van der Waals surface area contributed by atoms with Crippen molar-refractivity contribution in [2.24, 2.45) is 0 Å². The summed E-state index contributed by atoms with van der Waals surface area (Å²) in [6, 6.07) is 12.5. The third-order valence-electron chi connectivity index (χ3n) is 4.47. The molecule has 0 spiro atoms. The number of hydrogen-bond acceptors (Lipinski definition) is 4. The maximum atomic E-state index is 5.30. The number of benzene rings is 2. The molecule has 0 saturated heterocycles. The van der Waals surface area contributed by atoms with Crippen LogP contribution in [-0.2, 0) is 13.1 Å². The average Bonchev–Trinajstić information content (AvgIpc) is 3.32. The average molecular weight is 347 g/mol. The zero-order valence-electron chi connectivity index (χ0n) is 14.9. The van der Waals surface area contributed by atoms with Crippen molar-refractivity contribution in [1.29, 1.82) is 0 Å². The number of ether oxygens (including phenoxy) is 1. The Balaban J connectivity index is 1.58. The van der Waals surface area contributed by atoms with Gasteiger partial charge in [0.15, 0.2) is 0 Å². The van der Waals surface area contributed by atoms with Crippen LogP contribution in [-0.4, -0.2) is 39.2 Å². The third kappa shape index (κ3) is 3.32. The van der Waals surface area contributed by atoms with Crippen molar-refractivity contribution in [3.63, 3.8) is 0 Å². The Labute approximate surface area is 151 Å². The Morgan fingerprint density at radius 3 is 2.73 bits per heavy atom. The van der Waals surface area contributed by atoms with Gasteiger partial charge in [0.2, 0.25) is 0 Å². The van der Waals surface area contributed by atoms with Crippen LogP contribution in [0, 0.1) is 0 Å². The van der Waals surface area contributed by atoms with Gasteiger partial charge in [-0.15, -0.1) is 0 Å². The lowest BCUT2D eigenvalue weighted by atomic mass is 10.0. The first-order chi connectivity index (χ1) is 12.7. The van der Waals surface area contributed by atoms with Crippen LogP contribution in [0.15, 0.2) is 55.0 Å². The number of nitrogens with zero attached hydrogens (tertiary/aromatic N) is 3. The highest BCUT2D eigenvalue weighted by molar-refractivity contribution is 5.88. The summed E-state index contributed by atoms with van der Waals surface area (Å²) >= 11 is 0. The fourth-order valence-corrected chi connectivity index (χ4v) is 3.17. The van der Waals surface area contributed by atoms with Crippen molar-refractivity contribution in [3.05, 3.63) is 66.4 Å². The molecular formula is C20H21N5O. The smallest absolute Gasteiger partial charge is 0.120 e. The van der Waals surface area contributed by atoms with Crippen molar-refractivity contribution in [2.45, 2.75) is 13.1 Å². The third-order valence-corrected chi connectivity index (χ3v) is 4.47. The number of rotatable bonds is 6. The van der Waals surface area contributed by atoms with Gasteiger partial charge in [-0.3, -0.25) is 10.00 Å². The molecule has 0 unspecified atom stereocenters. The first-order valence-corrected chi connectivity index (χ1v) is 8.50. The Morgan fingerprint density at radius 1 is 1.08 bits per heavy atom. The van der Waals surface area contributed by atoms with Gasteiger partial charge in [-0.05, 0) is 36.0 Å². The van der Waals surface area contributed by atoms with E-state index in [-0.39, 0.29) is 0 Å². The zero-order chi connectivity index (χ0) is 17.9. The van der Waals surface area contributed by atoms with E-state index in [1.54, 1.807) is 13.3 Å². The summed E-state index contributed by atoms with van der Waals surface area (Å²) in [7, 11) is 3.76. The van der Waals surface area contributed by atoms with Crippen molar-refractivity contribution in [3.8, 4) is 17.0 Å². The first kappa shape index (κ1) is 16.4. The molecule has 4 aromatic rings. The molecule has 4 rings (SSSR count). The summed E-state index contributed by atoms with van der Waals surface area (Å²) in [6.07, 6.45) is 5.51. The molecule has 0 fully saturated rings. The van der Waals surface area contributed by atoms with Crippen LogP contribution in [0.1, 0.15) is 11.4 Å². The van der Waals surface area contributed by atoms with Crippen molar-refractivity contribution < 1.29 is 4.74 Å². The van der Waals surface area contributed by atoms with E-state index < -0.39 is 0 Å². The number of hydrogen-bond donors (Lipinski definition) is 2. The van der Waals surface area contributed by atoms with Crippen LogP contribution < -0.4 is 4.74 Å². The van der Waals surface area contributed by atoms with Gasteiger partial charge in [0.25, 0.3) is 0 Å². The van der Waals surface area contributed by atoms with E-state index in [0.29, 0.717) is 0 Å². The molecule has 26 heavy (non-hydrogen) atoms.